The fraction of sp³-hybridized carbons (Fsp3) is 0.933. The predicted molar refractivity (Wildman–Crippen MR) is 74.7 cm³/mol. The molecule has 0 aromatic heterocycles. The fourth-order valence-corrected chi connectivity index (χ4v) is 3.22. The zero-order valence-electron chi connectivity index (χ0n) is 12.2. The molecule has 2 saturated heterocycles. The van der Waals surface area contributed by atoms with Crippen molar-refractivity contribution in [3.8, 4) is 0 Å². The van der Waals surface area contributed by atoms with Crippen molar-refractivity contribution in [3.63, 3.8) is 0 Å². The monoisotopic (exact) mass is 252 g/mol. The van der Waals surface area contributed by atoms with Gasteiger partial charge in [-0.05, 0) is 32.7 Å². The van der Waals surface area contributed by atoms with E-state index in [0.717, 1.165) is 19.5 Å². The third-order valence-corrected chi connectivity index (χ3v) is 4.84. The third-order valence-electron chi connectivity index (χ3n) is 4.84. The lowest BCUT2D eigenvalue weighted by atomic mass is 9.96. The molecular weight excluding hydrogens is 224 g/mol. The van der Waals surface area contributed by atoms with Gasteiger partial charge in [0.05, 0.1) is 6.54 Å². The highest BCUT2D eigenvalue weighted by atomic mass is 16.1. The van der Waals surface area contributed by atoms with Crippen molar-refractivity contribution in [1.82, 2.24) is 9.80 Å². The molecule has 2 aliphatic rings. The molecule has 2 aliphatic heterocycles. The first-order valence-electron chi connectivity index (χ1n) is 7.62. The maximum Gasteiger partial charge on any atom is 0.149 e. The highest BCUT2D eigenvalue weighted by Crippen LogP contribution is 2.24. The molecule has 2 heterocycles. The summed E-state index contributed by atoms with van der Waals surface area (Å²) in [5.74, 6) is 0.648. The molecule has 104 valence electrons. The lowest BCUT2D eigenvalue weighted by Crippen LogP contribution is -2.59. The van der Waals surface area contributed by atoms with Crippen molar-refractivity contribution in [1.29, 1.82) is 0 Å². The topological polar surface area (TPSA) is 23.6 Å². The van der Waals surface area contributed by atoms with Gasteiger partial charge in [-0.15, -0.1) is 0 Å². The molecule has 3 heteroatoms. The van der Waals surface area contributed by atoms with Crippen LogP contribution in [-0.4, -0.2) is 53.8 Å². The molecule has 0 radical (unpaired) electrons. The van der Waals surface area contributed by atoms with Crippen LogP contribution in [0, 0.1) is 5.92 Å². The van der Waals surface area contributed by atoms with Crippen molar-refractivity contribution < 1.29 is 4.79 Å². The Bertz CT molecular complexity index is 292. The van der Waals surface area contributed by atoms with Crippen LogP contribution in [0.2, 0.25) is 0 Å². The summed E-state index contributed by atoms with van der Waals surface area (Å²) < 4.78 is 0. The Balaban J connectivity index is 1.90. The van der Waals surface area contributed by atoms with Gasteiger partial charge in [0.1, 0.15) is 5.78 Å². The van der Waals surface area contributed by atoms with Gasteiger partial charge in [-0.1, -0.05) is 20.3 Å². The molecule has 2 fully saturated rings. The zero-order valence-corrected chi connectivity index (χ0v) is 12.2. The summed E-state index contributed by atoms with van der Waals surface area (Å²) in [5, 5.41) is 0. The SMILES string of the molecule is CCC(C)C(=O)CN1CC2CCCCN2CC1C. The molecule has 0 aromatic carbocycles. The predicted octanol–water partition coefficient (Wildman–Crippen LogP) is 2.16. The van der Waals surface area contributed by atoms with E-state index in [9.17, 15) is 4.79 Å². The normalized spacial score (nSPS) is 31.9. The molecule has 0 aliphatic carbocycles. The molecule has 0 bridgehead atoms. The van der Waals surface area contributed by atoms with Gasteiger partial charge in [-0.2, -0.15) is 0 Å². The standard InChI is InChI=1S/C15H28N2O/c1-4-12(2)15(18)11-17-10-14-7-5-6-8-16(14)9-13(17)3/h12-14H,4-11H2,1-3H3. The van der Waals surface area contributed by atoms with E-state index in [0.29, 0.717) is 24.4 Å². The van der Waals surface area contributed by atoms with Crippen molar-refractivity contribution >= 4 is 5.78 Å². The number of hydrogen-bond acceptors (Lipinski definition) is 3. The Labute approximate surface area is 112 Å². The van der Waals surface area contributed by atoms with Gasteiger partial charge in [0.25, 0.3) is 0 Å². The molecule has 3 unspecified atom stereocenters. The number of carbonyl (C=O) groups excluding carboxylic acids is 1. The van der Waals surface area contributed by atoms with Crippen LogP contribution >= 0.6 is 0 Å². The van der Waals surface area contributed by atoms with Crippen LogP contribution in [0.25, 0.3) is 0 Å². The summed E-state index contributed by atoms with van der Waals surface area (Å²) in [6.07, 6.45) is 5.01. The average Bonchev–Trinajstić information content (AvgIpc) is 2.38. The number of ketones is 1. The minimum atomic E-state index is 0.224. The summed E-state index contributed by atoms with van der Waals surface area (Å²) in [7, 11) is 0. The second kappa shape index (κ2) is 6.16. The van der Waals surface area contributed by atoms with Crippen LogP contribution in [0.1, 0.15) is 46.5 Å². The van der Waals surface area contributed by atoms with Crippen molar-refractivity contribution in [2.75, 3.05) is 26.2 Å². The number of piperazine rings is 1. The van der Waals surface area contributed by atoms with Crippen LogP contribution in [-0.2, 0) is 4.79 Å². The van der Waals surface area contributed by atoms with E-state index < -0.39 is 0 Å². The van der Waals surface area contributed by atoms with E-state index in [4.69, 9.17) is 0 Å². The van der Waals surface area contributed by atoms with Crippen molar-refractivity contribution in [2.24, 2.45) is 5.92 Å². The second-order valence-corrected chi connectivity index (χ2v) is 6.20. The minimum Gasteiger partial charge on any atom is -0.298 e. The van der Waals surface area contributed by atoms with Gasteiger partial charge >= 0.3 is 0 Å². The van der Waals surface area contributed by atoms with Gasteiger partial charge in [-0.3, -0.25) is 14.6 Å². The van der Waals surface area contributed by atoms with Gasteiger partial charge in [0, 0.05) is 31.1 Å². The van der Waals surface area contributed by atoms with E-state index in [-0.39, 0.29) is 5.92 Å². The van der Waals surface area contributed by atoms with E-state index in [1.807, 2.05) is 0 Å². The summed E-state index contributed by atoms with van der Waals surface area (Å²) in [5.41, 5.74) is 0. The van der Waals surface area contributed by atoms with Crippen LogP contribution in [0.3, 0.4) is 0 Å². The van der Waals surface area contributed by atoms with Crippen LogP contribution in [0.15, 0.2) is 0 Å². The fourth-order valence-electron chi connectivity index (χ4n) is 3.22. The molecule has 3 nitrogen and oxygen atoms in total. The molecule has 0 spiro atoms. The Morgan fingerprint density at radius 2 is 2.11 bits per heavy atom. The average molecular weight is 252 g/mol. The first-order chi connectivity index (χ1) is 8.61. The van der Waals surface area contributed by atoms with E-state index in [2.05, 4.69) is 30.6 Å². The molecular formula is C15H28N2O. The second-order valence-electron chi connectivity index (χ2n) is 6.20. The first-order valence-corrected chi connectivity index (χ1v) is 7.62. The minimum absolute atomic E-state index is 0.224. The first kappa shape index (κ1) is 14.0. The number of fused-ring (bicyclic) bond motifs is 1. The highest BCUT2D eigenvalue weighted by molar-refractivity contribution is 5.82. The maximum absolute atomic E-state index is 12.1. The number of piperidine rings is 1. The molecule has 0 saturated carbocycles. The Morgan fingerprint density at radius 3 is 2.83 bits per heavy atom. The number of carbonyl (C=O) groups is 1. The highest BCUT2D eigenvalue weighted by Gasteiger charge is 2.33. The quantitative estimate of drug-likeness (QED) is 0.766. The Hall–Kier alpha value is -0.410. The van der Waals surface area contributed by atoms with Gasteiger partial charge in [0.2, 0.25) is 0 Å². The molecule has 3 atom stereocenters. The van der Waals surface area contributed by atoms with Crippen molar-refractivity contribution in [3.05, 3.63) is 0 Å². The molecule has 2 rings (SSSR count). The smallest absolute Gasteiger partial charge is 0.149 e. The third kappa shape index (κ3) is 3.12. The molecule has 0 N–H and O–H groups in total. The summed E-state index contributed by atoms with van der Waals surface area (Å²) in [6.45, 7) is 10.6. The van der Waals surface area contributed by atoms with E-state index in [1.165, 1.54) is 25.8 Å². The Morgan fingerprint density at radius 1 is 1.33 bits per heavy atom. The lowest BCUT2D eigenvalue weighted by molar-refractivity contribution is -0.125. The van der Waals surface area contributed by atoms with Crippen LogP contribution in [0.5, 0.6) is 0 Å². The molecule has 18 heavy (non-hydrogen) atoms. The number of rotatable bonds is 4. The maximum atomic E-state index is 12.1. The van der Waals surface area contributed by atoms with Gasteiger partial charge in [0.15, 0.2) is 0 Å². The van der Waals surface area contributed by atoms with Crippen LogP contribution in [0.4, 0.5) is 0 Å². The van der Waals surface area contributed by atoms with Gasteiger partial charge < -0.3 is 0 Å². The lowest BCUT2D eigenvalue weighted by Gasteiger charge is -2.47. The zero-order chi connectivity index (χ0) is 13.1. The van der Waals surface area contributed by atoms with Crippen LogP contribution < -0.4 is 0 Å². The Kier molecular flexibility index (Phi) is 4.79. The molecule has 0 aromatic rings. The number of nitrogens with zero attached hydrogens (tertiary/aromatic N) is 2. The number of hydrogen-bond donors (Lipinski definition) is 0. The van der Waals surface area contributed by atoms with E-state index >= 15 is 0 Å². The van der Waals surface area contributed by atoms with Gasteiger partial charge in [-0.25, -0.2) is 0 Å². The molecule has 0 amide bonds. The summed E-state index contributed by atoms with van der Waals surface area (Å²) in [4.78, 5) is 17.1. The number of Topliss-reactive ketones (excluding diaryl/α,β-unsaturated/α-hetero) is 1. The summed E-state index contributed by atoms with van der Waals surface area (Å²) >= 11 is 0. The van der Waals surface area contributed by atoms with E-state index in [1.54, 1.807) is 0 Å². The summed E-state index contributed by atoms with van der Waals surface area (Å²) in [6, 6.07) is 1.24. The largest absolute Gasteiger partial charge is 0.298 e. The van der Waals surface area contributed by atoms with Crippen molar-refractivity contribution in [2.45, 2.75) is 58.5 Å².